The van der Waals surface area contributed by atoms with Crippen LogP contribution in [0.3, 0.4) is 0 Å². The first-order chi connectivity index (χ1) is 37.0. The highest BCUT2D eigenvalue weighted by Crippen LogP contribution is 2.18. The molecule has 3 N–H and O–H groups in total. The Hall–Kier alpha value is -1.66. The molecule has 0 aliphatic carbocycles. The number of aliphatic hydroxyl groups is 2. The molecule has 444 valence electrons. The molecule has 2 atom stereocenters. The highest BCUT2D eigenvalue weighted by Gasteiger charge is 2.18. The molecule has 0 aromatic heterocycles. The van der Waals surface area contributed by atoms with Crippen LogP contribution in [-0.4, -0.2) is 47.4 Å². The summed E-state index contributed by atoms with van der Waals surface area (Å²) in [6.45, 7) is 4.92. The van der Waals surface area contributed by atoms with Crippen molar-refractivity contribution in [3.8, 4) is 0 Å². The van der Waals surface area contributed by atoms with E-state index in [0.29, 0.717) is 19.4 Å². The molecule has 6 nitrogen and oxygen atoms in total. The molecule has 75 heavy (non-hydrogen) atoms. The third kappa shape index (κ3) is 61.4. The van der Waals surface area contributed by atoms with E-state index in [1.807, 2.05) is 6.08 Å². The number of carbonyl (C=O) groups is 2. The van der Waals surface area contributed by atoms with E-state index in [1.54, 1.807) is 6.08 Å². The zero-order chi connectivity index (χ0) is 54.3. The number of esters is 1. The van der Waals surface area contributed by atoms with Crippen LogP contribution in [-0.2, 0) is 14.3 Å². The normalized spacial score (nSPS) is 12.6. The average molecular weight is 1060 g/mol. The Morgan fingerprint density at radius 3 is 0.947 bits per heavy atom. The van der Waals surface area contributed by atoms with Crippen molar-refractivity contribution in [2.75, 3.05) is 13.2 Å². The van der Waals surface area contributed by atoms with Crippen molar-refractivity contribution in [1.29, 1.82) is 0 Å². The fourth-order valence-electron chi connectivity index (χ4n) is 10.7. The van der Waals surface area contributed by atoms with Crippen LogP contribution < -0.4 is 5.32 Å². The Morgan fingerprint density at radius 1 is 0.360 bits per heavy atom. The lowest BCUT2D eigenvalue weighted by Crippen LogP contribution is -2.45. The molecule has 0 aliphatic heterocycles. The first kappa shape index (κ1) is 73.3. The first-order valence-corrected chi connectivity index (χ1v) is 34.1. The predicted molar refractivity (Wildman–Crippen MR) is 329 cm³/mol. The number of nitrogens with one attached hydrogen (secondary N) is 1. The van der Waals surface area contributed by atoms with E-state index in [9.17, 15) is 19.8 Å². The molecule has 0 bridgehead atoms. The Labute approximate surface area is 469 Å². The van der Waals surface area contributed by atoms with E-state index in [4.69, 9.17) is 4.74 Å². The molecule has 1 amide bonds. The van der Waals surface area contributed by atoms with Crippen molar-refractivity contribution in [3.05, 3.63) is 24.3 Å². The van der Waals surface area contributed by atoms with Gasteiger partial charge in [-0.15, -0.1) is 0 Å². The standard InChI is InChI=1S/C69H133NO5/c1-3-5-7-9-11-13-15-17-19-20-21-25-28-31-34-37-41-45-49-53-57-61-67(72)66(65-71)70-68(73)62-58-54-50-46-42-38-35-32-29-26-23-22-24-27-30-33-36-40-44-48-52-56-60-64-75-69(74)63-59-55-51-47-43-39-18-16-14-12-10-8-6-4-2/h16,18,57,61,66-67,71-72H,3-15,17,19-56,58-60,62-65H2,1-2H3,(H,70,73)/b18-16-,61-57+. The number of unbranched alkanes of at least 4 members (excludes halogenated alkanes) is 51. The zero-order valence-corrected chi connectivity index (χ0v) is 50.8. The number of rotatable bonds is 64. The van der Waals surface area contributed by atoms with Gasteiger partial charge in [-0.25, -0.2) is 0 Å². The molecule has 0 radical (unpaired) electrons. The molecule has 0 fully saturated rings. The molecule has 0 rings (SSSR count). The Kier molecular flexibility index (Phi) is 63.4. The summed E-state index contributed by atoms with van der Waals surface area (Å²) >= 11 is 0. The van der Waals surface area contributed by atoms with Gasteiger partial charge in [0, 0.05) is 12.8 Å². The fraction of sp³-hybridized carbons (Fsp3) is 0.913. The molecule has 0 saturated carbocycles. The zero-order valence-electron chi connectivity index (χ0n) is 50.8. The summed E-state index contributed by atoms with van der Waals surface area (Å²) in [4.78, 5) is 24.6. The van der Waals surface area contributed by atoms with E-state index in [2.05, 4.69) is 31.3 Å². The number of aliphatic hydroxyl groups excluding tert-OH is 2. The monoisotopic (exact) mass is 1060 g/mol. The largest absolute Gasteiger partial charge is 0.466 e. The van der Waals surface area contributed by atoms with Gasteiger partial charge in [-0.2, -0.15) is 0 Å². The van der Waals surface area contributed by atoms with Crippen LogP contribution in [0.15, 0.2) is 24.3 Å². The van der Waals surface area contributed by atoms with Crippen LogP contribution in [0.25, 0.3) is 0 Å². The van der Waals surface area contributed by atoms with Gasteiger partial charge in [0.05, 0.1) is 25.4 Å². The average Bonchev–Trinajstić information content (AvgIpc) is 3.41. The SMILES string of the molecule is CCCCCCC/C=C\CCCCCCCC(=O)OCCCCCCCCCCCCCCCCCCCCCCCCCC(=O)NC(CO)C(O)/C=C/CCCCCCCCCCCCCCCCCCCCC. The summed E-state index contributed by atoms with van der Waals surface area (Å²) in [5.41, 5.74) is 0. The number of hydrogen-bond donors (Lipinski definition) is 3. The molecular weight excluding hydrogens is 923 g/mol. The number of ether oxygens (including phenoxy) is 1. The maximum atomic E-state index is 12.5. The molecule has 0 spiro atoms. The van der Waals surface area contributed by atoms with E-state index < -0.39 is 12.1 Å². The van der Waals surface area contributed by atoms with Crippen molar-refractivity contribution in [3.63, 3.8) is 0 Å². The summed E-state index contributed by atoms with van der Waals surface area (Å²) in [7, 11) is 0. The molecular formula is C69H133NO5. The maximum absolute atomic E-state index is 12.5. The number of amides is 1. The lowest BCUT2D eigenvalue weighted by atomic mass is 10.0. The molecule has 0 aromatic rings. The first-order valence-electron chi connectivity index (χ1n) is 34.1. The highest BCUT2D eigenvalue weighted by atomic mass is 16.5. The molecule has 0 aromatic carbocycles. The van der Waals surface area contributed by atoms with Crippen molar-refractivity contribution in [2.45, 2.75) is 392 Å². The third-order valence-electron chi connectivity index (χ3n) is 16.0. The van der Waals surface area contributed by atoms with Crippen molar-refractivity contribution >= 4 is 11.9 Å². The van der Waals surface area contributed by atoms with E-state index in [0.717, 1.165) is 44.9 Å². The Balaban J connectivity index is 3.40. The van der Waals surface area contributed by atoms with Gasteiger partial charge in [-0.05, 0) is 57.8 Å². The van der Waals surface area contributed by atoms with E-state index >= 15 is 0 Å². The maximum Gasteiger partial charge on any atom is 0.305 e. The molecule has 2 unspecified atom stereocenters. The Morgan fingerprint density at radius 2 is 0.627 bits per heavy atom. The second-order valence-corrected chi connectivity index (χ2v) is 23.5. The third-order valence-corrected chi connectivity index (χ3v) is 16.0. The van der Waals surface area contributed by atoms with Gasteiger partial charge in [-0.3, -0.25) is 9.59 Å². The van der Waals surface area contributed by atoms with Crippen LogP contribution in [0.4, 0.5) is 0 Å². The Bertz CT molecular complexity index is 1170. The van der Waals surface area contributed by atoms with Gasteiger partial charge in [0.25, 0.3) is 0 Å². The fourth-order valence-corrected chi connectivity index (χ4v) is 10.7. The molecule has 0 heterocycles. The minimum atomic E-state index is -0.845. The minimum Gasteiger partial charge on any atom is -0.466 e. The van der Waals surface area contributed by atoms with Crippen LogP contribution in [0.5, 0.6) is 0 Å². The van der Waals surface area contributed by atoms with Crippen molar-refractivity contribution < 1.29 is 24.5 Å². The van der Waals surface area contributed by atoms with Gasteiger partial charge in [0.2, 0.25) is 5.91 Å². The summed E-state index contributed by atoms with van der Waals surface area (Å²) in [6.07, 6.45) is 81.0. The summed E-state index contributed by atoms with van der Waals surface area (Å²) in [5.74, 6) is -0.0577. The van der Waals surface area contributed by atoms with Crippen LogP contribution in [0.2, 0.25) is 0 Å². The number of carbonyl (C=O) groups excluding carboxylic acids is 2. The van der Waals surface area contributed by atoms with Gasteiger partial charge in [-0.1, -0.05) is 334 Å². The molecule has 6 heteroatoms. The van der Waals surface area contributed by atoms with Gasteiger partial charge < -0.3 is 20.3 Å². The van der Waals surface area contributed by atoms with Gasteiger partial charge >= 0.3 is 5.97 Å². The van der Waals surface area contributed by atoms with Gasteiger partial charge in [0.1, 0.15) is 0 Å². The number of allylic oxidation sites excluding steroid dienone is 3. The van der Waals surface area contributed by atoms with Crippen molar-refractivity contribution in [1.82, 2.24) is 5.32 Å². The van der Waals surface area contributed by atoms with E-state index in [-0.39, 0.29) is 18.5 Å². The minimum absolute atomic E-state index is 0.00604. The summed E-state index contributed by atoms with van der Waals surface area (Å²) in [5, 5.41) is 23.2. The molecule has 0 aliphatic rings. The quantitative estimate of drug-likeness (QED) is 0.0320. The second-order valence-electron chi connectivity index (χ2n) is 23.5. The van der Waals surface area contributed by atoms with E-state index in [1.165, 1.54) is 308 Å². The lowest BCUT2D eigenvalue weighted by molar-refractivity contribution is -0.143. The highest BCUT2D eigenvalue weighted by molar-refractivity contribution is 5.76. The number of hydrogen-bond acceptors (Lipinski definition) is 5. The van der Waals surface area contributed by atoms with Crippen LogP contribution >= 0.6 is 0 Å². The predicted octanol–water partition coefficient (Wildman–Crippen LogP) is 21.8. The lowest BCUT2D eigenvalue weighted by Gasteiger charge is -2.20. The van der Waals surface area contributed by atoms with Crippen LogP contribution in [0.1, 0.15) is 380 Å². The second kappa shape index (κ2) is 64.9. The molecule has 0 saturated heterocycles. The van der Waals surface area contributed by atoms with Crippen LogP contribution in [0, 0.1) is 0 Å². The smallest absolute Gasteiger partial charge is 0.305 e. The topological polar surface area (TPSA) is 95.9 Å². The summed E-state index contributed by atoms with van der Waals surface area (Å²) < 4.78 is 5.48. The van der Waals surface area contributed by atoms with Gasteiger partial charge in [0.15, 0.2) is 0 Å². The van der Waals surface area contributed by atoms with Crippen molar-refractivity contribution in [2.24, 2.45) is 0 Å². The summed E-state index contributed by atoms with van der Waals surface area (Å²) in [6, 6.07) is -0.628.